The van der Waals surface area contributed by atoms with E-state index in [0.717, 1.165) is 11.1 Å². The Hall–Kier alpha value is -3.80. The fraction of sp³-hybridized carbons (Fsp3) is 0.167. The van der Waals surface area contributed by atoms with Crippen molar-refractivity contribution in [2.75, 3.05) is 26.9 Å². The van der Waals surface area contributed by atoms with Crippen molar-refractivity contribution in [2.45, 2.75) is 0 Å². The van der Waals surface area contributed by atoms with Gasteiger partial charge in [0.2, 0.25) is 5.75 Å². The third kappa shape index (κ3) is 4.12. The number of esters is 1. The predicted octanol–water partition coefficient (Wildman–Crippen LogP) is 4.17. The van der Waals surface area contributed by atoms with Crippen LogP contribution in [0.25, 0.3) is 11.1 Å². The minimum absolute atomic E-state index is 0.225. The van der Waals surface area contributed by atoms with Crippen LogP contribution in [0, 0.1) is 0 Å². The second-order valence-electron chi connectivity index (χ2n) is 6.65. The van der Waals surface area contributed by atoms with E-state index < -0.39 is 5.97 Å². The minimum atomic E-state index is -0.639. The van der Waals surface area contributed by atoms with Gasteiger partial charge in [-0.1, -0.05) is 54.6 Å². The van der Waals surface area contributed by atoms with Crippen LogP contribution >= 0.6 is 0 Å². The molecule has 0 fully saturated rings. The second-order valence-corrected chi connectivity index (χ2v) is 6.65. The Morgan fingerprint density at radius 1 is 0.867 bits per heavy atom. The highest BCUT2D eigenvalue weighted by Crippen LogP contribution is 2.40. The zero-order chi connectivity index (χ0) is 20.9. The van der Waals surface area contributed by atoms with E-state index in [-0.39, 0.29) is 18.0 Å². The quantitative estimate of drug-likeness (QED) is 0.454. The van der Waals surface area contributed by atoms with Crippen LogP contribution in [0.2, 0.25) is 0 Å². The van der Waals surface area contributed by atoms with Crippen LogP contribution in [0.3, 0.4) is 0 Å². The molecule has 1 heterocycles. The molecular formula is C24H20O6. The molecule has 3 aromatic rings. The molecule has 3 aromatic carbocycles. The summed E-state index contributed by atoms with van der Waals surface area (Å²) in [4.78, 5) is 24.9. The molecule has 0 aromatic heterocycles. The highest BCUT2D eigenvalue weighted by Gasteiger charge is 2.22. The third-order valence-electron chi connectivity index (χ3n) is 4.71. The van der Waals surface area contributed by atoms with Crippen molar-refractivity contribution in [3.8, 4) is 28.4 Å². The molecule has 0 amide bonds. The van der Waals surface area contributed by atoms with Crippen LogP contribution in [0.15, 0.2) is 66.7 Å². The van der Waals surface area contributed by atoms with Gasteiger partial charge in [-0.3, -0.25) is 4.79 Å². The Kier molecular flexibility index (Phi) is 5.66. The van der Waals surface area contributed by atoms with Gasteiger partial charge in [-0.05, 0) is 23.3 Å². The Bertz CT molecular complexity index is 1040. The molecule has 0 unspecified atom stereocenters. The summed E-state index contributed by atoms with van der Waals surface area (Å²) in [6.07, 6.45) is 0. The smallest absolute Gasteiger partial charge is 0.338 e. The Labute approximate surface area is 174 Å². The van der Waals surface area contributed by atoms with Gasteiger partial charge in [0.1, 0.15) is 13.2 Å². The molecule has 6 nitrogen and oxygen atoms in total. The normalized spacial score (nSPS) is 12.2. The number of rotatable bonds is 6. The first kappa shape index (κ1) is 19.5. The molecule has 152 valence electrons. The van der Waals surface area contributed by atoms with Gasteiger partial charge in [0.25, 0.3) is 0 Å². The van der Waals surface area contributed by atoms with E-state index in [0.29, 0.717) is 36.0 Å². The first-order valence-corrected chi connectivity index (χ1v) is 9.49. The lowest BCUT2D eigenvalue weighted by Gasteiger charge is -2.21. The zero-order valence-corrected chi connectivity index (χ0v) is 16.4. The summed E-state index contributed by atoms with van der Waals surface area (Å²) >= 11 is 0. The summed E-state index contributed by atoms with van der Waals surface area (Å²) in [5.74, 6) is 0.319. The van der Waals surface area contributed by atoms with Crippen LogP contribution in [-0.4, -0.2) is 38.7 Å². The number of carbonyl (C=O) groups is 2. The number of ether oxygens (including phenoxy) is 4. The topological polar surface area (TPSA) is 71.1 Å². The van der Waals surface area contributed by atoms with Gasteiger partial charge in [0.05, 0.1) is 12.7 Å². The van der Waals surface area contributed by atoms with Crippen molar-refractivity contribution in [2.24, 2.45) is 0 Å². The summed E-state index contributed by atoms with van der Waals surface area (Å²) in [6, 6.07) is 20.1. The number of methoxy groups -OCH3 is 1. The molecule has 0 bridgehead atoms. The molecule has 4 rings (SSSR count). The number of Topliss-reactive ketones (excluding diaryl/α,β-unsaturated/α-hetero) is 1. The summed E-state index contributed by atoms with van der Waals surface area (Å²) in [7, 11) is 1.48. The van der Waals surface area contributed by atoms with Crippen molar-refractivity contribution in [1.82, 2.24) is 0 Å². The van der Waals surface area contributed by atoms with Crippen molar-refractivity contribution in [3.05, 3.63) is 77.9 Å². The molecule has 30 heavy (non-hydrogen) atoms. The zero-order valence-electron chi connectivity index (χ0n) is 16.4. The van der Waals surface area contributed by atoms with Crippen molar-refractivity contribution >= 4 is 11.8 Å². The van der Waals surface area contributed by atoms with Gasteiger partial charge in [-0.15, -0.1) is 0 Å². The van der Waals surface area contributed by atoms with Gasteiger partial charge >= 0.3 is 5.97 Å². The van der Waals surface area contributed by atoms with E-state index in [4.69, 9.17) is 18.9 Å². The van der Waals surface area contributed by atoms with E-state index in [1.54, 1.807) is 12.1 Å². The summed E-state index contributed by atoms with van der Waals surface area (Å²) in [5.41, 5.74) is 2.77. The molecule has 0 spiro atoms. The summed E-state index contributed by atoms with van der Waals surface area (Å²) in [5, 5.41) is 0. The maximum absolute atomic E-state index is 12.4. The Morgan fingerprint density at radius 3 is 2.30 bits per heavy atom. The monoisotopic (exact) mass is 404 g/mol. The Balaban J connectivity index is 1.42. The van der Waals surface area contributed by atoms with E-state index >= 15 is 0 Å². The fourth-order valence-corrected chi connectivity index (χ4v) is 3.17. The van der Waals surface area contributed by atoms with Crippen molar-refractivity contribution in [3.63, 3.8) is 0 Å². The molecule has 0 saturated carbocycles. The molecule has 0 aliphatic carbocycles. The molecule has 1 aliphatic heterocycles. The number of hydrogen-bond donors (Lipinski definition) is 0. The summed E-state index contributed by atoms with van der Waals surface area (Å²) < 4.78 is 21.5. The van der Waals surface area contributed by atoms with Crippen LogP contribution in [0.1, 0.15) is 20.7 Å². The largest absolute Gasteiger partial charge is 0.493 e. The predicted molar refractivity (Wildman–Crippen MR) is 110 cm³/mol. The van der Waals surface area contributed by atoms with Crippen LogP contribution in [-0.2, 0) is 4.74 Å². The van der Waals surface area contributed by atoms with Crippen molar-refractivity contribution in [1.29, 1.82) is 0 Å². The minimum Gasteiger partial charge on any atom is -0.493 e. The first-order chi connectivity index (χ1) is 14.7. The average molecular weight is 404 g/mol. The van der Waals surface area contributed by atoms with E-state index in [1.165, 1.54) is 19.2 Å². The molecule has 1 aliphatic rings. The number of hydrogen-bond acceptors (Lipinski definition) is 6. The van der Waals surface area contributed by atoms with Crippen molar-refractivity contribution < 1.29 is 28.5 Å². The van der Waals surface area contributed by atoms with E-state index in [1.807, 2.05) is 42.5 Å². The fourth-order valence-electron chi connectivity index (χ4n) is 3.17. The standard InChI is InChI=1S/C24H20O6/c1-27-21-13-19(14-22-23(21)29-12-11-28-22)24(26)30-15-20(25)18-9-7-17(8-10-18)16-5-3-2-4-6-16/h2-10,13-14H,11-12,15H2,1H3. The van der Waals surface area contributed by atoms with Crippen LogP contribution in [0.5, 0.6) is 17.2 Å². The van der Waals surface area contributed by atoms with Crippen LogP contribution < -0.4 is 14.2 Å². The number of fused-ring (bicyclic) bond motifs is 1. The molecule has 6 heteroatoms. The molecule has 0 radical (unpaired) electrons. The highest BCUT2D eigenvalue weighted by atomic mass is 16.6. The van der Waals surface area contributed by atoms with E-state index in [9.17, 15) is 9.59 Å². The molecule has 0 saturated heterocycles. The van der Waals surface area contributed by atoms with Gasteiger partial charge in [-0.2, -0.15) is 0 Å². The number of ketones is 1. The maximum atomic E-state index is 12.4. The number of benzene rings is 3. The lowest BCUT2D eigenvalue weighted by molar-refractivity contribution is 0.0473. The van der Waals surface area contributed by atoms with Gasteiger partial charge in [0, 0.05) is 5.56 Å². The average Bonchev–Trinajstić information content (AvgIpc) is 2.82. The first-order valence-electron chi connectivity index (χ1n) is 9.49. The Morgan fingerprint density at radius 2 is 1.57 bits per heavy atom. The second kappa shape index (κ2) is 8.69. The van der Waals surface area contributed by atoms with Gasteiger partial charge < -0.3 is 18.9 Å². The van der Waals surface area contributed by atoms with Gasteiger partial charge in [0.15, 0.2) is 23.9 Å². The van der Waals surface area contributed by atoms with Crippen LogP contribution in [0.4, 0.5) is 0 Å². The van der Waals surface area contributed by atoms with Gasteiger partial charge in [-0.25, -0.2) is 4.79 Å². The lowest BCUT2D eigenvalue weighted by Crippen LogP contribution is -2.18. The molecular weight excluding hydrogens is 384 g/mol. The highest BCUT2D eigenvalue weighted by molar-refractivity contribution is 6.00. The number of carbonyl (C=O) groups excluding carboxylic acids is 2. The maximum Gasteiger partial charge on any atom is 0.338 e. The SMILES string of the molecule is COc1cc(C(=O)OCC(=O)c2ccc(-c3ccccc3)cc2)cc2c1OCCO2. The molecule has 0 atom stereocenters. The third-order valence-corrected chi connectivity index (χ3v) is 4.71. The summed E-state index contributed by atoms with van der Waals surface area (Å²) in [6.45, 7) is 0.428. The molecule has 0 N–H and O–H groups in total. The lowest BCUT2D eigenvalue weighted by atomic mass is 10.0. The van der Waals surface area contributed by atoms with E-state index in [2.05, 4.69) is 0 Å².